The van der Waals surface area contributed by atoms with E-state index in [1.807, 2.05) is 0 Å². The molecule has 20 heavy (non-hydrogen) atoms. The second-order valence-electron chi connectivity index (χ2n) is 4.87. The fraction of sp³-hybridized carbons (Fsp3) is 0.250. The van der Waals surface area contributed by atoms with Crippen molar-refractivity contribution in [1.82, 2.24) is 0 Å². The standard InChI is InChI=1S/C16H16BrF2N/c17-16-6-5-15(19)9-13(16)8-12(10-20)7-11-1-3-14(18)4-2-11/h1-6,9,12H,7-8,10,20H2. The van der Waals surface area contributed by atoms with Gasteiger partial charge in [-0.1, -0.05) is 28.1 Å². The van der Waals surface area contributed by atoms with E-state index < -0.39 is 0 Å². The molecule has 2 rings (SSSR count). The summed E-state index contributed by atoms with van der Waals surface area (Å²) in [5, 5.41) is 0. The van der Waals surface area contributed by atoms with Gasteiger partial charge in [-0.05, 0) is 66.8 Å². The Kier molecular flexibility index (Phi) is 5.26. The van der Waals surface area contributed by atoms with Gasteiger partial charge in [0.2, 0.25) is 0 Å². The molecule has 0 aliphatic heterocycles. The monoisotopic (exact) mass is 339 g/mol. The molecule has 0 aliphatic carbocycles. The molecule has 0 fully saturated rings. The van der Waals surface area contributed by atoms with E-state index >= 15 is 0 Å². The quantitative estimate of drug-likeness (QED) is 0.872. The van der Waals surface area contributed by atoms with Crippen molar-refractivity contribution in [2.24, 2.45) is 11.7 Å². The van der Waals surface area contributed by atoms with Crippen LogP contribution >= 0.6 is 15.9 Å². The number of hydrogen-bond donors (Lipinski definition) is 1. The molecule has 2 aromatic carbocycles. The first kappa shape index (κ1) is 15.1. The van der Waals surface area contributed by atoms with Gasteiger partial charge in [0, 0.05) is 4.47 Å². The van der Waals surface area contributed by atoms with Gasteiger partial charge >= 0.3 is 0 Å². The van der Waals surface area contributed by atoms with Crippen LogP contribution in [0.3, 0.4) is 0 Å². The number of nitrogens with two attached hydrogens (primary N) is 1. The van der Waals surface area contributed by atoms with Gasteiger partial charge in [0.25, 0.3) is 0 Å². The summed E-state index contributed by atoms with van der Waals surface area (Å²) in [7, 11) is 0. The van der Waals surface area contributed by atoms with Crippen molar-refractivity contribution in [2.45, 2.75) is 12.8 Å². The normalized spacial score (nSPS) is 12.4. The topological polar surface area (TPSA) is 26.0 Å². The van der Waals surface area contributed by atoms with Crippen LogP contribution in [0.4, 0.5) is 8.78 Å². The molecular formula is C16H16BrF2N. The molecule has 0 bridgehead atoms. The maximum absolute atomic E-state index is 13.3. The second kappa shape index (κ2) is 6.95. The van der Waals surface area contributed by atoms with Crippen molar-refractivity contribution in [3.63, 3.8) is 0 Å². The second-order valence-corrected chi connectivity index (χ2v) is 5.73. The zero-order valence-corrected chi connectivity index (χ0v) is 12.5. The minimum atomic E-state index is -0.249. The highest BCUT2D eigenvalue weighted by Gasteiger charge is 2.12. The molecule has 106 valence electrons. The van der Waals surface area contributed by atoms with Gasteiger partial charge in [-0.2, -0.15) is 0 Å². The number of rotatable bonds is 5. The van der Waals surface area contributed by atoms with E-state index in [-0.39, 0.29) is 17.6 Å². The molecule has 1 atom stereocenters. The van der Waals surface area contributed by atoms with Gasteiger partial charge in [0.1, 0.15) is 11.6 Å². The smallest absolute Gasteiger partial charge is 0.123 e. The molecule has 0 heterocycles. The van der Waals surface area contributed by atoms with E-state index in [9.17, 15) is 8.78 Å². The van der Waals surface area contributed by atoms with Gasteiger partial charge in [-0.3, -0.25) is 0 Å². The van der Waals surface area contributed by atoms with Crippen molar-refractivity contribution in [3.05, 3.63) is 69.7 Å². The highest BCUT2D eigenvalue weighted by atomic mass is 79.9. The number of hydrogen-bond acceptors (Lipinski definition) is 1. The van der Waals surface area contributed by atoms with Crippen molar-refractivity contribution in [3.8, 4) is 0 Å². The van der Waals surface area contributed by atoms with Crippen LogP contribution in [-0.2, 0) is 12.8 Å². The Morgan fingerprint density at radius 3 is 2.25 bits per heavy atom. The molecule has 2 aromatic rings. The lowest BCUT2D eigenvalue weighted by Crippen LogP contribution is -2.19. The molecule has 0 aliphatic rings. The third-order valence-electron chi connectivity index (χ3n) is 3.29. The predicted molar refractivity (Wildman–Crippen MR) is 80.5 cm³/mol. The summed E-state index contributed by atoms with van der Waals surface area (Å²) in [5.41, 5.74) is 7.74. The van der Waals surface area contributed by atoms with Crippen molar-refractivity contribution in [2.75, 3.05) is 6.54 Å². The Morgan fingerprint density at radius 1 is 0.950 bits per heavy atom. The lowest BCUT2D eigenvalue weighted by Gasteiger charge is -2.16. The summed E-state index contributed by atoms with van der Waals surface area (Å²) >= 11 is 3.43. The molecule has 1 unspecified atom stereocenters. The lowest BCUT2D eigenvalue weighted by molar-refractivity contribution is 0.528. The molecule has 0 aromatic heterocycles. The van der Waals surface area contributed by atoms with Gasteiger partial charge in [0.15, 0.2) is 0 Å². The van der Waals surface area contributed by atoms with E-state index in [0.717, 1.165) is 22.0 Å². The van der Waals surface area contributed by atoms with Gasteiger partial charge in [-0.25, -0.2) is 8.78 Å². The maximum Gasteiger partial charge on any atom is 0.123 e. The molecular weight excluding hydrogens is 324 g/mol. The van der Waals surface area contributed by atoms with E-state index in [1.165, 1.54) is 24.3 Å². The van der Waals surface area contributed by atoms with Crippen LogP contribution in [-0.4, -0.2) is 6.54 Å². The van der Waals surface area contributed by atoms with Crippen LogP contribution in [0.25, 0.3) is 0 Å². The summed E-state index contributed by atoms with van der Waals surface area (Å²) in [6.07, 6.45) is 1.44. The Balaban J connectivity index is 2.08. The fourth-order valence-electron chi connectivity index (χ4n) is 2.20. The molecule has 0 radical (unpaired) electrons. The minimum absolute atomic E-state index is 0.193. The van der Waals surface area contributed by atoms with Crippen LogP contribution in [0, 0.1) is 17.6 Å². The minimum Gasteiger partial charge on any atom is -0.330 e. The summed E-state index contributed by atoms with van der Waals surface area (Å²) < 4.78 is 27.0. The fourth-order valence-corrected chi connectivity index (χ4v) is 2.61. The Hall–Kier alpha value is -1.26. The average molecular weight is 340 g/mol. The van der Waals surface area contributed by atoms with E-state index in [1.54, 1.807) is 18.2 Å². The third-order valence-corrected chi connectivity index (χ3v) is 4.06. The third kappa shape index (κ3) is 4.12. The summed E-state index contributed by atoms with van der Waals surface area (Å²) in [5.74, 6) is -0.301. The van der Waals surface area contributed by atoms with Crippen molar-refractivity contribution in [1.29, 1.82) is 0 Å². The highest BCUT2D eigenvalue weighted by Crippen LogP contribution is 2.22. The van der Waals surface area contributed by atoms with Crippen LogP contribution < -0.4 is 5.73 Å². The SMILES string of the molecule is NCC(Cc1ccc(F)cc1)Cc1cc(F)ccc1Br. The molecule has 0 saturated heterocycles. The Morgan fingerprint density at radius 2 is 1.60 bits per heavy atom. The van der Waals surface area contributed by atoms with Gasteiger partial charge < -0.3 is 5.73 Å². The first-order valence-corrected chi connectivity index (χ1v) is 7.26. The highest BCUT2D eigenvalue weighted by molar-refractivity contribution is 9.10. The lowest BCUT2D eigenvalue weighted by atomic mass is 9.92. The maximum atomic E-state index is 13.3. The zero-order chi connectivity index (χ0) is 14.5. The first-order valence-electron chi connectivity index (χ1n) is 6.47. The van der Waals surface area contributed by atoms with Gasteiger partial charge in [0.05, 0.1) is 0 Å². The number of benzene rings is 2. The Bertz CT molecular complexity index is 569. The molecule has 0 amide bonds. The summed E-state index contributed by atoms with van der Waals surface area (Å²) in [6, 6.07) is 11.1. The molecule has 2 N–H and O–H groups in total. The molecule has 0 saturated carbocycles. The van der Waals surface area contributed by atoms with Crippen LogP contribution in [0.15, 0.2) is 46.9 Å². The van der Waals surface area contributed by atoms with E-state index in [2.05, 4.69) is 15.9 Å². The van der Waals surface area contributed by atoms with Crippen molar-refractivity contribution < 1.29 is 8.78 Å². The summed E-state index contributed by atoms with van der Waals surface area (Å²) in [4.78, 5) is 0. The first-order chi connectivity index (χ1) is 9.58. The van der Waals surface area contributed by atoms with Crippen LogP contribution in [0.2, 0.25) is 0 Å². The van der Waals surface area contributed by atoms with Gasteiger partial charge in [-0.15, -0.1) is 0 Å². The van der Waals surface area contributed by atoms with Crippen molar-refractivity contribution >= 4 is 15.9 Å². The van der Waals surface area contributed by atoms with E-state index in [0.29, 0.717) is 13.0 Å². The Labute approximate surface area is 125 Å². The molecule has 4 heteroatoms. The summed E-state index contributed by atoms with van der Waals surface area (Å²) in [6.45, 7) is 0.500. The van der Waals surface area contributed by atoms with Crippen LogP contribution in [0.5, 0.6) is 0 Å². The predicted octanol–water partition coefficient (Wildman–Crippen LogP) is 4.09. The average Bonchev–Trinajstić information content (AvgIpc) is 2.44. The number of halogens is 3. The zero-order valence-electron chi connectivity index (χ0n) is 11.0. The molecule has 0 spiro atoms. The largest absolute Gasteiger partial charge is 0.330 e. The van der Waals surface area contributed by atoms with Crippen LogP contribution in [0.1, 0.15) is 11.1 Å². The molecule has 1 nitrogen and oxygen atoms in total. The van der Waals surface area contributed by atoms with E-state index in [4.69, 9.17) is 5.73 Å².